The zero-order valence-corrected chi connectivity index (χ0v) is 13.4. The molecule has 0 fully saturated rings. The first-order chi connectivity index (χ1) is 11.2. The second-order valence-electron chi connectivity index (χ2n) is 5.00. The van der Waals surface area contributed by atoms with Crippen LogP contribution in [-0.2, 0) is 11.2 Å². The first kappa shape index (κ1) is 16.6. The maximum atomic E-state index is 11.8. The van der Waals surface area contributed by atoms with Gasteiger partial charge in [-0.2, -0.15) is 0 Å². The topological polar surface area (TPSA) is 47.6 Å². The van der Waals surface area contributed by atoms with Crippen LogP contribution in [0.5, 0.6) is 11.5 Å². The van der Waals surface area contributed by atoms with Crippen LogP contribution in [0.15, 0.2) is 54.6 Å². The van der Waals surface area contributed by atoms with Crippen molar-refractivity contribution in [1.29, 1.82) is 0 Å². The second kappa shape index (κ2) is 8.63. The summed E-state index contributed by atoms with van der Waals surface area (Å²) in [5.41, 5.74) is 2.11. The minimum absolute atomic E-state index is 0.102. The number of ether oxygens (including phenoxy) is 2. The Bertz CT molecular complexity index is 645. The molecule has 2 rings (SSSR count). The lowest BCUT2D eigenvalue weighted by atomic mass is 10.1. The third-order valence-corrected chi connectivity index (χ3v) is 3.41. The minimum Gasteiger partial charge on any atom is -0.497 e. The van der Waals surface area contributed by atoms with Gasteiger partial charge in [-0.25, -0.2) is 0 Å². The van der Waals surface area contributed by atoms with Gasteiger partial charge in [-0.3, -0.25) is 4.79 Å². The molecule has 0 atom stereocenters. The van der Waals surface area contributed by atoms with E-state index < -0.39 is 0 Å². The molecule has 0 spiro atoms. The summed E-state index contributed by atoms with van der Waals surface area (Å²) < 4.78 is 10.2. The number of carbonyl (C=O) groups is 1. The van der Waals surface area contributed by atoms with Crippen molar-refractivity contribution in [3.8, 4) is 11.5 Å². The molecule has 0 aliphatic heterocycles. The molecule has 0 unspecified atom stereocenters. The van der Waals surface area contributed by atoms with Gasteiger partial charge in [0.2, 0.25) is 5.91 Å². The third-order valence-electron chi connectivity index (χ3n) is 3.41. The Balaban J connectivity index is 1.76. The summed E-state index contributed by atoms with van der Waals surface area (Å²) in [5, 5.41) is 2.87. The van der Waals surface area contributed by atoms with Crippen molar-refractivity contribution >= 4 is 12.0 Å². The summed E-state index contributed by atoms with van der Waals surface area (Å²) in [7, 11) is 3.27. The monoisotopic (exact) mass is 311 g/mol. The lowest BCUT2D eigenvalue weighted by Crippen LogP contribution is -2.23. The van der Waals surface area contributed by atoms with Crippen LogP contribution in [0.4, 0.5) is 0 Å². The highest BCUT2D eigenvalue weighted by molar-refractivity contribution is 5.91. The number of amides is 1. The highest BCUT2D eigenvalue weighted by atomic mass is 16.5. The largest absolute Gasteiger partial charge is 0.497 e. The molecule has 23 heavy (non-hydrogen) atoms. The maximum Gasteiger partial charge on any atom is 0.244 e. The number of methoxy groups -OCH3 is 2. The summed E-state index contributed by atoms with van der Waals surface area (Å²) in [6, 6.07) is 15.4. The first-order valence-electron chi connectivity index (χ1n) is 7.44. The minimum atomic E-state index is -0.102. The summed E-state index contributed by atoms with van der Waals surface area (Å²) >= 11 is 0. The van der Waals surface area contributed by atoms with E-state index in [-0.39, 0.29) is 5.91 Å². The number of nitrogens with one attached hydrogen (secondary N) is 1. The number of carbonyl (C=O) groups excluding carboxylic acids is 1. The molecule has 1 amide bonds. The highest BCUT2D eigenvalue weighted by Crippen LogP contribution is 2.12. The van der Waals surface area contributed by atoms with Crippen molar-refractivity contribution in [2.75, 3.05) is 20.8 Å². The van der Waals surface area contributed by atoms with Gasteiger partial charge in [0.15, 0.2) is 0 Å². The molecule has 1 N–H and O–H groups in total. The van der Waals surface area contributed by atoms with E-state index in [9.17, 15) is 4.79 Å². The smallest absolute Gasteiger partial charge is 0.244 e. The average Bonchev–Trinajstić information content (AvgIpc) is 2.61. The molecule has 0 heterocycles. The molecule has 0 saturated carbocycles. The van der Waals surface area contributed by atoms with Crippen molar-refractivity contribution in [1.82, 2.24) is 5.32 Å². The molecular weight excluding hydrogens is 290 g/mol. The van der Waals surface area contributed by atoms with E-state index in [1.807, 2.05) is 48.5 Å². The van der Waals surface area contributed by atoms with Gasteiger partial charge < -0.3 is 14.8 Å². The zero-order valence-electron chi connectivity index (χ0n) is 13.4. The summed E-state index contributed by atoms with van der Waals surface area (Å²) in [6.07, 6.45) is 4.10. The Morgan fingerprint density at radius 3 is 2.09 bits per heavy atom. The first-order valence-corrected chi connectivity index (χ1v) is 7.44. The predicted octanol–water partition coefficient (Wildman–Crippen LogP) is 3.08. The van der Waals surface area contributed by atoms with Gasteiger partial charge in [0.1, 0.15) is 11.5 Å². The Kier molecular flexibility index (Phi) is 6.24. The van der Waals surface area contributed by atoms with Crippen molar-refractivity contribution in [2.45, 2.75) is 6.42 Å². The van der Waals surface area contributed by atoms with Crippen LogP contribution in [0, 0.1) is 0 Å². The van der Waals surface area contributed by atoms with Crippen LogP contribution >= 0.6 is 0 Å². The fourth-order valence-electron chi connectivity index (χ4n) is 2.07. The van der Waals surface area contributed by atoms with E-state index in [4.69, 9.17) is 9.47 Å². The Morgan fingerprint density at radius 2 is 1.52 bits per heavy atom. The molecule has 0 saturated heterocycles. The van der Waals surface area contributed by atoms with Crippen molar-refractivity contribution in [3.63, 3.8) is 0 Å². The van der Waals surface area contributed by atoms with Crippen molar-refractivity contribution < 1.29 is 14.3 Å². The van der Waals surface area contributed by atoms with E-state index in [0.717, 1.165) is 29.0 Å². The summed E-state index contributed by atoms with van der Waals surface area (Å²) in [6.45, 7) is 0.595. The molecule has 2 aromatic carbocycles. The number of rotatable bonds is 7. The van der Waals surface area contributed by atoms with Crippen molar-refractivity contribution in [3.05, 3.63) is 65.7 Å². The molecule has 120 valence electrons. The van der Waals surface area contributed by atoms with E-state index in [2.05, 4.69) is 5.32 Å². The van der Waals surface area contributed by atoms with Crippen LogP contribution < -0.4 is 14.8 Å². The van der Waals surface area contributed by atoms with E-state index in [0.29, 0.717) is 6.54 Å². The summed E-state index contributed by atoms with van der Waals surface area (Å²) in [4.78, 5) is 11.8. The Morgan fingerprint density at radius 1 is 0.957 bits per heavy atom. The molecule has 0 aromatic heterocycles. The zero-order chi connectivity index (χ0) is 16.5. The molecule has 0 bridgehead atoms. The fourth-order valence-corrected chi connectivity index (χ4v) is 2.07. The highest BCUT2D eigenvalue weighted by Gasteiger charge is 1.98. The molecule has 0 aliphatic rings. The summed E-state index contributed by atoms with van der Waals surface area (Å²) in [5.74, 6) is 1.53. The number of hydrogen-bond acceptors (Lipinski definition) is 3. The second-order valence-corrected chi connectivity index (χ2v) is 5.00. The van der Waals surface area contributed by atoms with E-state index in [1.165, 1.54) is 6.08 Å². The van der Waals surface area contributed by atoms with Gasteiger partial charge in [-0.05, 0) is 47.9 Å². The van der Waals surface area contributed by atoms with Crippen LogP contribution in [0.25, 0.3) is 6.08 Å². The standard InChI is InChI=1S/C19H21NO3/c1-22-17-8-3-15(4-9-17)7-12-19(21)20-14-13-16-5-10-18(23-2)11-6-16/h3-12H,13-14H2,1-2H3,(H,20,21). The number of benzene rings is 2. The van der Waals surface area contributed by atoms with Gasteiger partial charge in [-0.15, -0.1) is 0 Å². The SMILES string of the molecule is COc1ccc(C=CC(=O)NCCc2ccc(OC)cc2)cc1. The maximum absolute atomic E-state index is 11.8. The molecule has 4 heteroatoms. The molecule has 2 aromatic rings. The quantitative estimate of drug-likeness (QED) is 0.799. The lowest BCUT2D eigenvalue weighted by Gasteiger charge is -2.04. The van der Waals surface area contributed by atoms with Gasteiger partial charge in [0.05, 0.1) is 14.2 Å². The van der Waals surface area contributed by atoms with Gasteiger partial charge in [-0.1, -0.05) is 24.3 Å². The lowest BCUT2D eigenvalue weighted by molar-refractivity contribution is -0.116. The van der Waals surface area contributed by atoms with Gasteiger partial charge in [0, 0.05) is 12.6 Å². The molecule has 0 aliphatic carbocycles. The fraction of sp³-hybridized carbons (Fsp3) is 0.211. The number of hydrogen-bond donors (Lipinski definition) is 1. The van der Waals surface area contributed by atoms with Gasteiger partial charge in [0.25, 0.3) is 0 Å². The van der Waals surface area contributed by atoms with Crippen LogP contribution in [0.3, 0.4) is 0 Å². The Hall–Kier alpha value is -2.75. The molecule has 0 radical (unpaired) electrons. The van der Waals surface area contributed by atoms with E-state index >= 15 is 0 Å². The van der Waals surface area contributed by atoms with Crippen molar-refractivity contribution in [2.24, 2.45) is 0 Å². The van der Waals surface area contributed by atoms with Crippen LogP contribution in [0.1, 0.15) is 11.1 Å². The van der Waals surface area contributed by atoms with Gasteiger partial charge >= 0.3 is 0 Å². The van der Waals surface area contributed by atoms with Crippen LogP contribution in [-0.4, -0.2) is 26.7 Å². The third kappa shape index (κ3) is 5.51. The normalized spacial score (nSPS) is 10.5. The van der Waals surface area contributed by atoms with Crippen LogP contribution in [0.2, 0.25) is 0 Å². The molecule has 4 nitrogen and oxygen atoms in total. The predicted molar refractivity (Wildman–Crippen MR) is 91.7 cm³/mol. The average molecular weight is 311 g/mol. The van der Waals surface area contributed by atoms with E-state index in [1.54, 1.807) is 20.3 Å². The Labute approximate surface area is 136 Å². The molecular formula is C19H21NO3.